The molecule has 0 aromatic rings. The van der Waals surface area contributed by atoms with Crippen LogP contribution in [0.25, 0.3) is 0 Å². The van der Waals surface area contributed by atoms with E-state index in [0.717, 1.165) is 19.3 Å². The van der Waals surface area contributed by atoms with Crippen LogP contribution in [0.5, 0.6) is 0 Å². The van der Waals surface area contributed by atoms with E-state index in [-0.39, 0.29) is 11.3 Å². The second kappa shape index (κ2) is 10.9. The van der Waals surface area contributed by atoms with Crippen LogP contribution in [-0.2, 0) is 9.05 Å². The van der Waals surface area contributed by atoms with E-state index in [1.54, 1.807) is 0 Å². The molecule has 148 valence electrons. The highest BCUT2D eigenvalue weighted by Gasteiger charge is 2.53. The van der Waals surface area contributed by atoms with Gasteiger partial charge < -0.3 is 19.0 Å². The molecule has 0 amide bonds. The molecule has 0 aliphatic rings. The van der Waals surface area contributed by atoms with Crippen LogP contribution in [0.2, 0.25) is 0 Å². The van der Waals surface area contributed by atoms with E-state index in [4.69, 9.17) is 16.6 Å². The summed E-state index contributed by atoms with van der Waals surface area (Å²) in [4.78, 5) is 10.7. The van der Waals surface area contributed by atoms with Gasteiger partial charge in [-0.25, -0.2) is 0 Å². The Kier molecular flexibility index (Phi) is 11.3. The standard InChI is InChI=1S/C18H39BO4P2/c1-9-15(7)22-24(19)17(11-3,12-4)16(8,10-2)23-25(21)18(20,13-5)14-6/h15,20-21H,9-14H2,1-8H3. The Morgan fingerprint density at radius 2 is 1.44 bits per heavy atom. The Bertz CT molecular complexity index is 378. The van der Waals surface area contributed by atoms with Crippen LogP contribution in [0, 0.1) is 0 Å². The molecule has 4 atom stereocenters. The Hall–Kier alpha value is 0.765. The minimum absolute atomic E-state index is 0.0912. The Morgan fingerprint density at radius 3 is 1.76 bits per heavy atom. The van der Waals surface area contributed by atoms with Gasteiger partial charge in [-0.15, -0.1) is 0 Å². The molecule has 4 unspecified atom stereocenters. The van der Waals surface area contributed by atoms with Crippen molar-refractivity contribution in [2.24, 2.45) is 0 Å². The predicted octanol–water partition coefficient (Wildman–Crippen LogP) is 5.84. The zero-order valence-corrected chi connectivity index (χ0v) is 19.3. The van der Waals surface area contributed by atoms with Crippen LogP contribution in [0.15, 0.2) is 0 Å². The number of hydrogen-bond donors (Lipinski definition) is 2. The van der Waals surface area contributed by atoms with Crippen LogP contribution in [-0.4, -0.2) is 39.8 Å². The van der Waals surface area contributed by atoms with Crippen molar-refractivity contribution in [1.29, 1.82) is 0 Å². The SMILES string of the molecule is [B]P(OC(C)CC)C(CC)(CC)C(C)(CC)OP(O)C(O)(CC)CC. The molecular formula is C18H39BO4P2. The van der Waals surface area contributed by atoms with Crippen molar-refractivity contribution >= 4 is 24.0 Å². The first-order valence-corrected chi connectivity index (χ1v) is 12.2. The molecule has 0 fully saturated rings. The molecule has 25 heavy (non-hydrogen) atoms. The molecule has 0 aromatic carbocycles. The minimum atomic E-state index is -1.99. The van der Waals surface area contributed by atoms with Crippen molar-refractivity contribution in [3.8, 4) is 0 Å². The summed E-state index contributed by atoms with van der Waals surface area (Å²) in [5, 5.41) is 9.12. The van der Waals surface area contributed by atoms with Crippen LogP contribution < -0.4 is 0 Å². The van der Waals surface area contributed by atoms with E-state index in [0.29, 0.717) is 19.3 Å². The van der Waals surface area contributed by atoms with Gasteiger partial charge >= 0.3 is 0 Å². The molecule has 7 heteroatoms. The van der Waals surface area contributed by atoms with E-state index in [1.165, 1.54) is 0 Å². The largest absolute Gasteiger partial charge is 0.381 e. The van der Waals surface area contributed by atoms with Crippen molar-refractivity contribution in [3.05, 3.63) is 0 Å². The fourth-order valence-electron chi connectivity index (χ4n) is 3.19. The second-order valence-electron chi connectivity index (χ2n) is 7.03. The third-order valence-corrected chi connectivity index (χ3v) is 10.4. The molecule has 0 spiro atoms. The lowest BCUT2D eigenvalue weighted by Crippen LogP contribution is -2.52. The summed E-state index contributed by atoms with van der Waals surface area (Å²) < 4.78 is 12.4. The summed E-state index contributed by atoms with van der Waals surface area (Å²) in [5.74, 6) is 0. The highest BCUT2D eigenvalue weighted by atomic mass is 31.2. The van der Waals surface area contributed by atoms with E-state index in [2.05, 4.69) is 20.8 Å². The van der Waals surface area contributed by atoms with Gasteiger partial charge in [-0.2, -0.15) is 0 Å². The van der Waals surface area contributed by atoms with Gasteiger partial charge in [-0.1, -0.05) is 41.5 Å². The predicted molar refractivity (Wildman–Crippen MR) is 111 cm³/mol. The third-order valence-electron chi connectivity index (χ3n) is 5.90. The molecule has 0 aliphatic heterocycles. The van der Waals surface area contributed by atoms with Gasteiger partial charge in [0.05, 0.1) is 11.7 Å². The van der Waals surface area contributed by atoms with Crippen molar-refractivity contribution in [3.63, 3.8) is 0 Å². The maximum atomic E-state index is 10.7. The smallest absolute Gasteiger partial charge is 0.202 e. The van der Waals surface area contributed by atoms with Gasteiger partial charge in [0.25, 0.3) is 0 Å². The molecular weight excluding hydrogens is 353 g/mol. The fourth-order valence-corrected chi connectivity index (χ4v) is 6.69. The van der Waals surface area contributed by atoms with Crippen molar-refractivity contribution < 1.29 is 19.0 Å². The normalized spacial score (nSPS) is 19.3. The molecule has 2 N–H and O–H groups in total. The Balaban J connectivity index is 5.76. The first kappa shape index (κ1) is 25.8. The topological polar surface area (TPSA) is 58.9 Å². The lowest BCUT2D eigenvalue weighted by molar-refractivity contribution is 0.00514. The van der Waals surface area contributed by atoms with E-state index >= 15 is 0 Å². The maximum Gasteiger partial charge on any atom is 0.202 e. The van der Waals surface area contributed by atoms with Gasteiger partial charge in [-0.3, -0.25) is 0 Å². The lowest BCUT2D eigenvalue weighted by Gasteiger charge is -2.53. The Labute approximate surface area is 159 Å². The number of rotatable bonds is 13. The number of hydrogen-bond acceptors (Lipinski definition) is 4. The Morgan fingerprint density at radius 1 is 0.960 bits per heavy atom. The first-order chi connectivity index (χ1) is 11.6. The molecule has 0 rings (SSSR count). The van der Waals surface area contributed by atoms with Crippen LogP contribution >= 0.6 is 16.4 Å². The molecule has 2 radical (unpaired) electrons. The van der Waals surface area contributed by atoms with Gasteiger partial charge in [0.15, 0.2) is 0 Å². The molecule has 0 bridgehead atoms. The third kappa shape index (κ3) is 5.63. The average molecular weight is 392 g/mol. The zero-order chi connectivity index (χ0) is 19.9. The second-order valence-corrected chi connectivity index (χ2v) is 10.3. The molecule has 0 heterocycles. The summed E-state index contributed by atoms with van der Waals surface area (Å²) in [6, 6.07) is 0. The summed E-state index contributed by atoms with van der Waals surface area (Å²) >= 11 is 0. The monoisotopic (exact) mass is 392 g/mol. The molecule has 0 aromatic heterocycles. The van der Waals surface area contributed by atoms with E-state index in [9.17, 15) is 10.00 Å². The van der Waals surface area contributed by atoms with Gasteiger partial charge in [0.1, 0.15) is 12.9 Å². The summed E-state index contributed by atoms with van der Waals surface area (Å²) in [7, 11) is 3.35. The summed E-state index contributed by atoms with van der Waals surface area (Å²) in [5.41, 5.74) is -0.664. The van der Waals surface area contributed by atoms with Gasteiger partial charge in [0, 0.05) is 5.16 Å². The van der Waals surface area contributed by atoms with Crippen LogP contribution in [0.1, 0.15) is 93.9 Å². The number of aliphatic hydroxyl groups is 1. The van der Waals surface area contributed by atoms with Crippen molar-refractivity contribution in [2.75, 3.05) is 0 Å². The highest BCUT2D eigenvalue weighted by molar-refractivity contribution is 7.79. The van der Waals surface area contributed by atoms with Crippen molar-refractivity contribution in [2.45, 2.75) is 116 Å². The van der Waals surface area contributed by atoms with Crippen molar-refractivity contribution in [1.82, 2.24) is 0 Å². The first-order valence-electron chi connectivity index (χ1n) is 9.68. The average Bonchev–Trinajstić information content (AvgIpc) is 2.61. The lowest BCUT2D eigenvalue weighted by atomic mass is 9.82. The summed E-state index contributed by atoms with van der Waals surface area (Å²) in [6.07, 6.45) is 4.19. The highest BCUT2D eigenvalue weighted by Crippen LogP contribution is 2.63. The molecule has 0 saturated heterocycles. The molecule has 4 nitrogen and oxygen atoms in total. The molecule has 0 aliphatic carbocycles. The summed E-state index contributed by atoms with van der Waals surface area (Å²) in [6.45, 7) is 16.1. The minimum Gasteiger partial charge on any atom is -0.381 e. The van der Waals surface area contributed by atoms with Crippen LogP contribution in [0.3, 0.4) is 0 Å². The maximum absolute atomic E-state index is 10.7. The van der Waals surface area contributed by atoms with Crippen LogP contribution in [0.4, 0.5) is 0 Å². The van der Waals surface area contributed by atoms with Gasteiger partial charge in [0.2, 0.25) is 8.38 Å². The quantitative estimate of drug-likeness (QED) is 0.305. The van der Waals surface area contributed by atoms with Gasteiger partial charge in [-0.05, 0) is 60.4 Å². The molecule has 0 saturated carbocycles. The zero-order valence-electron chi connectivity index (χ0n) is 17.5. The van der Waals surface area contributed by atoms with E-state index in [1.807, 2.05) is 34.6 Å². The van der Waals surface area contributed by atoms with E-state index < -0.39 is 27.3 Å². The fraction of sp³-hybridized carbons (Fsp3) is 1.00.